The first-order valence-electron chi connectivity index (χ1n) is 8.83. The molecule has 11 heteroatoms. The lowest BCUT2D eigenvalue weighted by molar-refractivity contribution is -0.143. The second kappa shape index (κ2) is 7.49. The number of ether oxygens (including phenoxy) is 2. The van der Waals surface area contributed by atoms with Crippen LogP contribution in [0.1, 0.15) is 22.6 Å². The molecular weight excluding hydrogens is 368 g/mol. The number of methoxy groups -OCH3 is 2. The predicted octanol–water partition coefficient (Wildman–Crippen LogP) is -0.220. The number of carbonyl (C=O) groups excluding carboxylic acids is 3. The Morgan fingerprint density at radius 3 is 2.64 bits per heavy atom. The van der Waals surface area contributed by atoms with Gasteiger partial charge in [0.1, 0.15) is 12.2 Å². The lowest BCUT2D eigenvalue weighted by Crippen LogP contribution is -2.56. The molecule has 1 amide bonds. The average molecular weight is 392 g/mol. The average Bonchev–Trinajstić information content (AvgIpc) is 3.23. The highest BCUT2D eigenvalue weighted by Gasteiger charge is 2.45. The van der Waals surface area contributed by atoms with Crippen LogP contribution in [0.5, 0.6) is 0 Å². The van der Waals surface area contributed by atoms with Crippen LogP contribution < -0.4 is 10.2 Å². The van der Waals surface area contributed by atoms with Crippen molar-refractivity contribution in [2.24, 2.45) is 4.99 Å². The highest BCUT2D eigenvalue weighted by Crippen LogP contribution is 2.31. The van der Waals surface area contributed by atoms with Crippen LogP contribution in [-0.4, -0.2) is 85.3 Å². The van der Waals surface area contributed by atoms with E-state index in [4.69, 9.17) is 4.74 Å². The Morgan fingerprint density at radius 2 is 2.00 bits per heavy atom. The molecule has 3 rings (SSSR count). The second-order valence-electron chi connectivity index (χ2n) is 6.77. The number of nitrogens with zero attached hydrogens (tertiary/aromatic N) is 5. The number of aliphatic imine (C=N–C) groups is 1. The van der Waals surface area contributed by atoms with E-state index in [-0.39, 0.29) is 18.5 Å². The molecule has 0 fully saturated rings. The van der Waals surface area contributed by atoms with Gasteiger partial charge in [0.05, 0.1) is 31.9 Å². The highest BCUT2D eigenvalue weighted by molar-refractivity contribution is 5.93. The zero-order chi connectivity index (χ0) is 20.6. The van der Waals surface area contributed by atoms with E-state index < -0.39 is 24.1 Å². The molecule has 1 aromatic rings. The Hall–Kier alpha value is -3.11. The molecule has 0 aliphatic carbocycles. The van der Waals surface area contributed by atoms with Crippen LogP contribution >= 0.6 is 0 Å². The summed E-state index contributed by atoms with van der Waals surface area (Å²) in [5.74, 6) is -0.219. The molecule has 28 heavy (non-hydrogen) atoms. The molecule has 0 radical (unpaired) electrons. The number of hydrogen-bond donors (Lipinski definition) is 1. The number of anilines is 1. The minimum atomic E-state index is -0.900. The SMILES string of the molecule is COC(=O)NC(CCc1c(C)nc2n1C(=O)C1N=CN(C)C1N2C)C(=O)OC. The van der Waals surface area contributed by atoms with Gasteiger partial charge in [0, 0.05) is 14.1 Å². The molecule has 1 N–H and O–H groups in total. The number of carbonyl (C=O) groups is 3. The minimum Gasteiger partial charge on any atom is -0.467 e. The van der Waals surface area contributed by atoms with E-state index in [1.165, 1.54) is 14.2 Å². The second-order valence-corrected chi connectivity index (χ2v) is 6.77. The van der Waals surface area contributed by atoms with Gasteiger partial charge >= 0.3 is 12.1 Å². The number of nitrogens with one attached hydrogen (secondary N) is 1. The van der Waals surface area contributed by atoms with Crippen LogP contribution in [0.25, 0.3) is 0 Å². The standard InChI is InChI=1S/C17H24N6O5/c1-9-11(7-6-10(15(25)27-4)20-17(26)28-5)23-14(24)12-13(21(2)8-18-12)22(3)16(23)19-9/h8,10,12-13H,6-7H2,1-5H3,(H,20,26). The van der Waals surface area contributed by atoms with Gasteiger partial charge in [-0.2, -0.15) is 0 Å². The van der Waals surface area contributed by atoms with Gasteiger partial charge in [0.25, 0.3) is 5.91 Å². The van der Waals surface area contributed by atoms with Crippen molar-refractivity contribution in [3.05, 3.63) is 11.4 Å². The number of likely N-dealkylation sites (N-methyl/N-ethyl adjacent to an activating group) is 2. The van der Waals surface area contributed by atoms with E-state index in [2.05, 4.69) is 20.0 Å². The van der Waals surface area contributed by atoms with Crippen molar-refractivity contribution in [2.75, 3.05) is 33.2 Å². The van der Waals surface area contributed by atoms with Gasteiger partial charge in [-0.3, -0.25) is 14.4 Å². The Labute approximate surface area is 162 Å². The van der Waals surface area contributed by atoms with Gasteiger partial charge in [0.15, 0.2) is 6.04 Å². The van der Waals surface area contributed by atoms with E-state index >= 15 is 0 Å². The van der Waals surface area contributed by atoms with E-state index in [0.717, 1.165) is 0 Å². The summed E-state index contributed by atoms with van der Waals surface area (Å²) in [6, 6.07) is -1.44. The molecule has 3 atom stereocenters. The van der Waals surface area contributed by atoms with Crippen LogP contribution in [0.3, 0.4) is 0 Å². The van der Waals surface area contributed by atoms with Crippen molar-refractivity contribution in [3.63, 3.8) is 0 Å². The van der Waals surface area contributed by atoms with Crippen LogP contribution in [0.15, 0.2) is 4.99 Å². The highest BCUT2D eigenvalue weighted by atomic mass is 16.5. The largest absolute Gasteiger partial charge is 0.467 e. The van der Waals surface area contributed by atoms with Gasteiger partial charge in [-0.15, -0.1) is 0 Å². The lowest BCUT2D eigenvalue weighted by Gasteiger charge is -2.37. The maximum atomic E-state index is 13.1. The smallest absolute Gasteiger partial charge is 0.407 e. The van der Waals surface area contributed by atoms with Crippen molar-refractivity contribution < 1.29 is 23.9 Å². The Bertz CT molecular complexity index is 834. The fraction of sp³-hybridized carbons (Fsp3) is 0.588. The summed E-state index contributed by atoms with van der Waals surface area (Å²) in [6.07, 6.45) is 1.26. The molecule has 1 aromatic heterocycles. The van der Waals surface area contributed by atoms with Gasteiger partial charge < -0.3 is 24.6 Å². The first-order valence-corrected chi connectivity index (χ1v) is 8.83. The fourth-order valence-electron chi connectivity index (χ4n) is 3.65. The molecule has 0 spiro atoms. The third-order valence-corrected chi connectivity index (χ3v) is 5.08. The predicted molar refractivity (Wildman–Crippen MR) is 99.5 cm³/mol. The molecule has 2 aliphatic rings. The molecule has 0 saturated carbocycles. The molecule has 2 aliphatic heterocycles. The van der Waals surface area contributed by atoms with Crippen molar-refractivity contribution in [1.29, 1.82) is 0 Å². The van der Waals surface area contributed by atoms with Crippen LogP contribution in [-0.2, 0) is 20.7 Å². The molecule has 152 valence electrons. The number of rotatable bonds is 5. The number of aromatic nitrogens is 2. The zero-order valence-electron chi connectivity index (χ0n) is 16.5. The fourth-order valence-corrected chi connectivity index (χ4v) is 3.65. The zero-order valence-corrected chi connectivity index (χ0v) is 16.5. The number of imidazole rings is 1. The first kappa shape index (κ1) is 19.6. The number of hydrogen-bond acceptors (Lipinski definition) is 9. The molecule has 0 bridgehead atoms. The molecule has 11 nitrogen and oxygen atoms in total. The summed E-state index contributed by atoms with van der Waals surface area (Å²) >= 11 is 0. The van der Waals surface area contributed by atoms with Gasteiger partial charge in [-0.05, 0) is 19.8 Å². The minimum absolute atomic E-state index is 0.162. The summed E-state index contributed by atoms with van der Waals surface area (Å²) < 4.78 is 10.9. The summed E-state index contributed by atoms with van der Waals surface area (Å²) in [5.41, 5.74) is 1.36. The molecular formula is C17H24N6O5. The Balaban J connectivity index is 1.86. The summed E-state index contributed by atoms with van der Waals surface area (Å²) in [6.45, 7) is 1.81. The third kappa shape index (κ3) is 3.16. The maximum absolute atomic E-state index is 13.1. The number of esters is 1. The summed E-state index contributed by atoms with van der Waals surface area (Å²) in [4.78, 5) is 49.2. The van der Waals surface area contributed by atoms with Gasteiger partial charge in [0.2, 0.25) is 5.95 Å². The quantitative estimate of drug-likeness (QED) is 0.684. The number of amides is 1. The van der Waals surface area contributed by atoms with Crippen molar-refractivity contribution >= 4 is 30.3 Å². The van der Waals surface area contributed by atoms with E-state index in [1.807, 2.05) is 30.8 Å². The molecule has 3 unspecified atom stereocenters. The number of fused-ring (bicyclic) bond motifs is 2. The Kier molecular flexibility index (Phi) is 5.25. The molecule has 0 aromatic carbocycles. The lowest BCUT2D eigenvalue weighted by atomic mass is 10.1. The van der Waals surface area contributed by atoms with E-state index in [0.29, 0.717) is 23.8 Å². The Morgan fingerprint density at radius 1 is 1.29 bits per heavy atom. The topological polar surface area (TPSA) is 118 Å². The van der Waals surface area contributed by atoms with Crippen molar-refractivity contribution in [3.8, 4) is 0 Å². The van der Waals surface area contributed by atoms with Gasteiger partial charge in [-0.1, -0.05) is 0 Å². The summed E-state index contributed by atoms with van der Waals surface area (Å²) in [5, 5.41) is 2.45. The van der Waals surface area contributed by atoms with Gasteiger partial charge in [-0.25, -0.2) is 14.6 Å². The summed E-state index contributed by atoms with van der Waals surface area (Å²) in [7, 11) is 6.19. The van der Waals surface area contributed by atoms with Crippen LogP contribution in [0.4, 0.5) is 10.7 Å². The first-order chi connectivity index (χ1) is 13.3. The normalized spacial score (nSPS) is 21.2. The third-order valence-electron chi connectivity index (χ3n) is 5.08. The van der Waals surface area contributed by atoms with E-state index in [9.17, 15) is 14.4 Å². The van der Waals surface area contributed by atoms with Crippen molar-refractivity contribution in [1.82, 2.24) is 19.8 Å². The number of alkyl carbamates (subject to hydrolysis) is 1. The monoisotopic (exact) mass is 392 g/mol. The molecule has 3 heterocycles. The van der Waals surface area contributed by atoms with E-state index in [1.54, 1.807) is 10.9 Å². The van der Waals surface area contributed by atoms with Crippen molar-refractivity contribution in [2.45, 2.75) is 38.0 Å². The molecule has 0 saturated heterocycles. The van der Waals surface area contributed by atoms with Crippen LogP contribution in [0.2, 0.25) is 0 Å². The van der Waals surface area contributed by atoms with Crippen LogP contribution in [0, 0.1) is 6.92 Å². The number of aryl methyl sites for hydroxylation is 1. The maximum Gasteiger partial charge on any atom is 0.407 e.